The maximum atomic E-state index is 5.75. The summed E-state index contributed by atoms with van der Waals surface area (Å²) in [6.45, 7) is 0. The number of aromatic nitrogens is 3. The van der Waals surface area contributed by atoms with Gasteiger partial charge in [0.2, 0.25) is 0 Å². The third-order valence-electron chi connectivity index (χ3n) is 3.00. The van der Waals surface area contributed by atoms with Crippen LogP contribution in [0.1, 0.15) is 0 Å². The summed E-state index contributed by atoms with van der Waals surface area (Å²) >= 11 is 0. The summed E-state index contributed by atoms with van der Waals surface area (Å²) in [7, 11) is 0. The Morgan fingerprint density at radius 2 is 1.83 bits per heavy atom. The molecule has 1 N–H and O–H groups in total. The molecule has 0 aliphatic heterocycles. The average Bonchev–Trinajstić information content (AvgIpc) is 3.02. The van der Waals surface area contributed by atoms with Crippen molar-refractivity contribution in [1.82, 2.24) is 9.97 Å². The van der Waals surface area contributed by atoms with Crippen molar-refractivity contribution in [2.45, 2.75) is 0 Å². The Kier molecular flexibility index (Phi) is 1.80. The lowest BCUT2D eigenvalue weighted by Crippen LogP contribution is -2.28. The molecule has 0 atom stereocenters. The van der Waals surface area contributed by atoms with E-state index < -0.39 is 0 Å². The van der Waals surface area contributed by atoms with E-state index in [1.165, 1.54) is 0 Å². The summed E-state index contributed by atoms with van der Waals surface area (Å²) in [6, 6.07) is 16.4. The van der Waals surface area contributed by atoms with Gasteiger partial charge in [0, 0.05) is 0 Å². The first-order valence-electron chi connectivity index (χ1n) is 5.75. The second kappa shape index (κ2) is 3.43. The zero-order valence-corrected chi connectivity index (χ0v) is 9.50. The Bertz CT molecular complexity index is 811. The van der Waals surface area contributed by atoms with Gasteiger partial charge in [0.15, 0.2) is 17.4 Å². The third-order valence-corrected chi connectivity index (χ3v) is 3.00. The highest BCUT2D eigenvalue weighted by Crippen LogP contribution is 2.16. The molecule has 4 heteroatoms. The van der Waals surface area contributed by atoms with Crippen LogP contribution in [0, 0.1) is 0 Å². The quantitative estimate of drug-likeness (QED) is 0.516. The Morgan fingerprint density at radius 3 is 2.78 bits per heavy atom. The Hall–Kier alpha value is -2.62. The first-order valence-corrected chi connectivity index (χ1v) is 5.75. The fourth-order valence-corrected chi connectivity index (χ4v) is 2.13. The highest BCUT2D eigenvalue weighted by Gasteiger charge is 2.17. The molecule has 0 saturated carbocycles. The van der Waals surface area contributed by atoms with E-state index in [1.807, 2.05) is 59.4 Å². The first-order chi connectivity index (χ1) is 8.92. The molecule has 0 aliphatic rings. The lowest BCUT2D eigenvalue weighted by Gasteiger charge is -1.88. The number of imidazole rings is 1. The normalized spacial score (nSPS) is 11.3. The van der Waals surface area contributed by atoms with Crippen LogP contribution in [-0.4, -0.2) is 9.97 Å². The zero-order chi connectivity index (χ0) is 11.9. The maximum absolute atomic E-state index is 5.75. The Morgan fingerprint density at radius 1 is 1.00 bits per heavy atom. The topological polar surface area (TPSA) is 45.7 Å². The van der Waals surface area contributed by atoms with Crippen molar-refractivity contribution >= 4 is 22.1 Å². The van der Waals surface area contributed by atoms with Gasteiger partial charge in [0.25, 0.3) is 0 Å². The van der Waals surface area contributed by atoms with Crippen LogP contribution >= 0.6 is 0 Å². The molecule has 2 aromatic carbocycles. The second-order valence-corrected chi connectivity index (χ2v) is 4.12. The minimum atomic E-state index is 0.577. The molecule has 0 radical (unpaired) electrons. The standard InChI is InChI=1S/C14H9N3O/c1-3-7-12-10(5-1)15-9-17(12)14-16-11-6-2-4-8-13(11)18-14/h1-9H/p+1. The molecule has 0 spiro atoms. The molecule has 4 nitrogen and oxygen atoms in total. The number of oxazole rings is 1. The third kappa shape index (κ3) is 1.26. The highest BCUT2D eigenvalue weighted by molar-refractivity contribution is 5.73. The highest BCUT2D eigenvalue weighted by atomic mass is 16.4. The van der Waals surface area contributed by atoms with Gasteiger partial charge in [0.05, 0.1) is 0 Å². The van der Waals surface area contributed by atoms with Crippen LogP contribution in [0.25, 0.3) is 28.1 Å². The van der Waals surface area contributed by atoms with Crippen molar-refractivity contribution in [3.63, 3.8) is 0 Å². The van der Waals surface area contributed by atoms with Gasteiger partial charge in [-0.1, -0.05) is 29.2 Å². The summed E-state index contributed by atoms with van der Waals surface area (Å²) in [5.74, 6) is 0. The van der Waals surface area contributed by atoms with Crippen molar-refractivity contribution in [1.29, 1.82) is 0 Å². The predicted molar refractivity (Wildman–Crippen MR) is 67.4 cm³/mol. The lowest BCUT2D eigenvalue weighted by atomic mass is 10.3. The van der Waals surface area contributed by atoms with Gasteiger partial charge in [0.1, 0.15) is 11.0 Å². The Labute approximate surface area is 103 Å². The molecule has 0 saturated heterocycles. The number of benzene rings is 2. The molecule has 86 valence electrons. The van der Waals surface area contributed by atoms with Crippen molar-refractivity contribution < 1.29 is 8.98 Å². The minimum absolute atomic E-state index is 0.577. The lowest BCUT2D eigenvalue weighted by molar-refractivity contribution is -0.584. The van der Waals surface area contributed by atoms with Crippen LogP contribution in [0.2, 0.25) is 0 Å². The van der Waals surface area contributed by atoms with Crippen LogP contribution in [0.5, 0.6) is 0 Å². The number of nitrogens with zero attached hydrogens (tertiary/aromatic N) is 2. The van der Waals surface area contributed by atoms with Gasteiger partial charge in [-0.05, 0) is 24.3 Å². The summed E-state index contributed by atoms with van der Waals surface area (Å²) in [5.41, 5.74) is 3.76. The molecule has 2 aromatic heterocycles. The second-order valence-electron chi connectivity index (χ2n) is 4.12. The molecule has 0 fully saturated rings. The molecule has 4 rings (SSSR count). The number of rotatable bonds is 1. The van der Waals surface area contributed by atoms with Crippen molar-refractivity contribution in [3.8, 4) is 6.01 Å². The number of hydrogen-bond donors (Lipinski definition) is 1. The molecule has 0 bridgehead atoms. The van der Waals surface area contributed by atoms with Crippen molar-refractivity contribution in [2.75, 3.05) is 0 Å². The summed E-state index contributed by atoms with van der Waals surface area (Å²) < 4.78 is 7.66. The van der Waals surface area contributed by atoms with Crippen LogP contribution in [0.4, 0.5) is 0 Å². The van der Waals surface area contributed by atoms with Gasteiger partial charge in [-0.25, -0.2) is 0 Å². The zero-order valence-electron chi connectivity index (χ0n) is 9.50. The van der Waals surface area contributed by atoms with Gasteiger partial charge in [-0.15, -0.1) is 0 Å². The van der Waals surface area contributed by atoms with E-state index in [0.717, 1.165) is 22.1 Å². The molecule has 4 aromatic rings. The van der Waals surface area contributed by atoms with E-state index in [9.17, 15) is 0 Å². The number of hydrogen-bond acceptors (Lipinski definition) is 2. The van der Waals surface area contributed by atoms with Gasteiger partial charge in [-0.2, -0.15) is 4.57 Å². The van der Waals surface area contributed by atoms with E-state index in [4.69, 9.17) is 4.42 Å². The molecular formula is C14H10N3O+. The molecule has 0 unspecified atom stereocenters. The number of nitrogens with one attached hydrogen (secondary N) is 1. The van der Waals surface area contributed by atoms with Crippen LogP contribution < -0.4 is 4.57 Å². The molecule has 2 heterocycles. The van der Waals surface area contributed by atoms with E-state index >= 15 is 0 Å². The molecule has 18 heavy (non-hydrogen) atoms. The Balaban J connectivity index is 2.01. The first kappa shape index (κ1) is 9.41. The van der Waals surface area contributed by atoms with Gasteiger partial charge in [-0.3, -0.25) is 4.98 Å². The summed E-state index contributed by atoms with van der Waals surface area (Å²) in [6.07, 6.45) is 1.86. The van der Waals surface area contributed by atoms with Gasteiger partial charge >= 0.3 is 6.01 Å². The number of para-hydroxylation sites is 4. The number of fused-ring (bicyclic) bond motifs is 2. The monoisotopic (exact) mass is 236 g/mol. The fourth-order valence-electron chi connectivity index (χ4n) is 2.13. The molecule has 0 aliphatic carbocycles. The summed E-state index contributed by atoms with van der Waals surface area (Å²) in [4.78, 5) is 7.68. The van der Waals surface area contributed by atoms with Crippen LogP contribution in [-0.2, 0) is 0 Å². The molecular weight excluding hydrogens is 226 g/mol. The van der Waals surface area contributed by atoms with E-state index in [1.54, 1.807) is 0 Å². The van der Waals surface area contributed by atoms with Crippen LogP contribution in [0.15, 0.2) is 59.3 Å². The van der Waals surface area contributed by atoms with Crippen molar-refractivity contribution in [3.05, 3.63) is 54.9 Å². The predicted octanol–water partition coefficient (Wildman–Crippen LogP) is 2.59. The van der Waals surface area contributed by atoms with E-state index in [2.05, 4.69) is 9.97 Å². The number of aromatic amines is 1. The molecule has 0 amide bonds. The maximum Gasteiger partial charge on any atom is 0.445 e. The van der Waals surface area contributed by atoms with E-state index in [-0.39, 0.29) is 0 Å². The van der Waals surface area contributed by atoms with Gasteiger partial charge < -0.3 is 4.42 Å². The minimum Gasteiger partial charge on any atom is -0.397 e. The SMILES string of the molecule is c1ccc2oc(-[n+]3c[nH]c4ccccc43)nc2c1. The fraction of sp³-hybridized carbons (Fsp3) is 0. The van der Waals surface area contributed by atoms with E-state index in [0.29, 0.717) is 6.01 Å². The smallest absolute Gasteiger partial charge is 0.397 e. The average molecular weight is 236 g/mol. The van der Waals surface area contributed by atoms with Crippen molar-refractivity contribution in [2.24, 2.45) is 0 Å². The number of H-pyrrole nitrogens is 1. The summed E-state index contributed by atoms with van der Waals surface area (Å²) in [5, 5.41) is 0. The van der Waals surface area contributed by atoms with Crippen LogP contribution in [0.3, 0.4) is 0 Å². The largest absolute Gasteiger partial charge is 0.445 e.